The first-order chi connectivity index (χ1) is 9.02. The molecule has 0 atom stereocenters. The Morgan fingerprint density at radius 1 is 0.842 bits per heavy atom. The number of hydrogen-bond acceptors (Lipinski definition) is 3. The molecule has 0 fully saturated rings. The molecule has 0 radical (unpaired) electrons. The fourth-order valence-electron chi connectivity index (χ4n) is 2.20. The normalized spacial score (nSPS) is 13.2. The third-order valence-corrected chi connectivity index (χ3v) is 3.66. The van der Waals surface area contributed by atoms with Crippen molar-refractivity contribution in [3.05, 3.63) is 62.6 Å². The van der Waals surface area contributed by atoms with Crippen molar-refractivity contribution in [3.63, 3.8) is 0 Å². The van der Waals surface area contributed by atoms with Crippen LogP contribution in [0.25, 0.3) is 0 Å². The Labute approximate surface area is 118 Å². The molecule has 0 amide bonds. The van der Waals surface area contributed by atoms with Crippen LogP contribution in [0.1, 0.15) is 31.8 Å². The summed E-state index contributed by atoms with van der Waals surface area (Å²) < 4.78 is 0. The predicted molar refractivity (Wildman–Crippen MR) is 71.4 cm³/mol. The Morgan fingerprint density at radius 3 is 1.95 bits per heavy atom. The third-order valence-electron chi connectivity index (χ3n) is 3.08. The molecule has 94 valence electrons. The van der Waals surface area contributed by atoms with Gasteiger partial charge in [-0.05, 0) is 6.07 Å². The molecular weight excluding hydrogens is 287 g/mol. The zero-order valence-corrected chi connectivity index (χ0v) is 10.9. The van der Waals surface area contributed by atoms with Crippen LogP contribution in [0.5, 0.6) is 5.75 Å². The molecule has 2 aromatic carbocycles. The molecule has 19 heavy (non-hydrogen) atoms. The lowest BCUT2D eigenvalue weighted by molar-refractivity contribution is 0.0977. The Kier molecular flexibility index (Phi) is 2.62. The van der Waals surface area contributed by atoms with E-state index in [1.165, 1.54) is 12.1 Å². The van der Waals surface area contributed by atoms with Crippen molar-refractivity contribution in [2.75, 3.05) is 0 Å². The first kappa shape index (κ1) is 12.2. The van der Waals surface area contributed by atoms with Crippen molar-refractivity contribution in [2.45, 2.75) is 0 Å². The number of rotatable bonds is 0. The van der Waals surface area contributed by atoms with Crippen LogP contribution in [0.3, 0.4) is 0 Å². The summed E-state index contributed by atoms with van der Waals surface area (Å²) >= 11 is 11.8. The van der Waals surface area contributed by atoms with E-state index in [0.29, 0.717) is 0 Å². The molecule has 0 heterocycles. The molecule has 0 saturated heterocycles. The summed E-state index contributed by atoms with van der Waals surface area (Å²) in [6, 6.07) is 7.67. The average molecular weight is 293 g/mol. The van der Waals surface area contributed by atoms with Crippen molar-refractivity contribution in [1.29, 1.82) is 0 Å². The molecule has 0 aliphatic heterocycles. The van der Waals surface area contributed by atoms with E-state index in [9.17, 15) is 14.7 Å². The number of benzene rings is 2. The lowest BCUT2D eigenvalue weighted by Crippen LogP contribution is -2.21. The number of fused-ring (bicyclic) bond motifs is 2. The molecule has 2 aromatic rings. The standard InChI is InChI=1S/C14H6Cl2O3/c15-8-5-9(16)14(19)11-10(8)12(17)6-3-1-2-4-7(6)13(11)18/h1-5,19H. The predicted octanol–water partition coefficient (Wildman–Crippen LogP) is 3.47. The summed E-state index contributed by atoms with van der Waals surface area (Å²) in [7, 11) is 0. The summed E-state index contributed by atoms with van der Waals surface area (Å²) in [4.78, 5) is 24.7. The molecule has 1 aliphatic carbocycles. The van der Waals surface area contributed by atoms with E-state index in [2.05, 4.69) is 0 Å². The van der Waals surface area contributed by atoms with Crippen molar-refractivity contribution >= 4 is 34.8 Å². The van der Waals surface area contributed by atoms with Gasteiger partial charge in [0.25, 0.3) is 0 Å². The van der Waals surface area contributed by atoms with Gasteiger partial charge in [-0.15, -0.1) is 0 Å². The van der Waals surface area contributed by atoms with Gasteiger partial charge in [0.05, 0.1) is 21.2 Å². The van der Waals surface area contributed by atoms with E-state index in [4.69, 9.17) is 23.2 Å². The molecule has 1 aliphatic rings. The smallest absolute Gasteiger partial charge is 0.198 e. The van der Waals surface area contributed by atoms with E-state index in [1.54, 1.807) is 18.2 Å². The Morgan fingerprint density at radius 2 is 1.37 bits per heavy atom. The van der Waals surface area contributed by atoms with E-state index in [1.807, 2.05) is 0 Å². The number of carbonyl (C=O) groups excluding carboxylic acids is 2. The highest BCUT2D eigenvalue weighted by molar-refractivity contribution is 6.42. The number of hydrogen-bond donors (Lipinski definition) is 1. The zero-order chi connectivity index (χ0) is 13.7. The summed E-state index contributed by atoms with van der Waals surface area (Å²) in [5.74, 6) is -1.25. The molecular formula is C14H6Cl2O3. The monoisotopic (exact) mass is 292 g/mol. The maximum Gasteiger partial charge on any atom is 0.198 e. The quantitative estimate of drug-likeness (QED) is 0.690. The molecule has 3 rings (SSSR count). The number of ketones is 2. The SMILES string of the molecule is O=C1c2ccccc2C(=O)c2c(O)c(Cl)cc(Cl)c21. The van der Waals surface area contributed by atoms with Crippen LogP contribution in [0.15, 0.2) is 30.3 Å². The number of phenols is 1. The number of carbonyl (C=O) groups is 2. The van der Waals surface area contributed by atoms with Gasteiger partial charge >= 0.3 is 0 Å². The van der Waals surface area contributed by atoms with Crippen LogP contribution in [0, 0.1) is 0 Å². The van der Waals surface area contributed by atoms with Crippen molar-refractivity contribution < 1.29 is 14.7 Å². The molecule has 0 aromatic heterocycles. The van der Waals surface area contributed by atoms with Crippen LogP contribution in [0.2, 0.25) is 10.0 Å². The second kappa shape index (κ2) is 4.08. The van der Waals surface area contributed by atoms with Gasteiger partial charge in [-0.3, -0.25) is 9.59 Å². The highest BCUT2D eigenvalue weighted by Crippen LogP contribution is 2.40. The maximum atomic E-state index is 12.3. The minimum absolute atomic E-state index is 0.00673. The van der Waals surface area contributed by atoms with Crippen LogP contribution in [-0.4, -0.2) is 16.7 Å². The van der Waals surface area contributed by atoms with Crippen molar-refractivity contribution in [1.82, 2.24) is 0 Å². The lowest BCUT2D eigenvalue weighted by Gasteiger charge is -2.19. The summed E-state index contributed by atoms with van der Waals surface area (Å²) in [5, 5.41) is 9.93. The van der Waals surface area contributed by atoms with Gasteiger partial charge in [0.15, 0.2) is 11.6 Å². The fraction of sp³-hybridized carbons (Fsp3) is 0. The van der Waals surface area contributed by atoms with Gasteiger partial charge in [0.1, 0.15) is 5.75 Å². The average Bonchev–Trinajstić information content (AvgIpc) is 2.40. The molecule has 0 bridgehead atoms. The number of halogens is 2. The topological polar surface area (TPSA) is 54.4 Å². The van der Waals surface area contributed by atoms with E-state index >= 15 is 0 Å². The largest absolute Gasteiger partial charge is 0.506 e. The highest BCUT2D eigenvalue weighted by atomic mass is 35.5. The summed E-state index contributed by atoms with van der Waals surface area (Å²) in [6.07, 6.45) is 0. The van der Waals surface area contributed by atoms with Crippen LogP contribution in [-0.2, 0) is 0 Å². The van der Waals surface area contributed by atoms with Crippen molar-refractivity contribution in [3.8, 4) is 5.75 Å². The fourth-order valence-corrected chi connectivity index (χ4v) is 2.75. The summed E-state index contributed by atoms with van der Waals surface area (Å²) in [5.41, 5.74) is 0.408. The minimum atomic E-state index is -0.452. The highest BCUT2D eigenvalue weighted by Gasteiger charge is 2.34. The number of phenolic OH excluding ortho intramolecular Hbond substituents is 1. The van der Waals surface area contributed by atoms with E-state index < -0.39 is 11.5 Å². The molecule has 1 N–H and O–H groups in total. The van der Waals surface area contributed by atoms with Gasteiger partial charge in [0.2, 0.25) is 0 Å². The second-order valence-electron chi connectivity index (χ2n) is 4.14. The molecule has 0 spiro atoms. The van der Waals surface area contributed by atoms with E-state index in [-0.39, 0.29) is 38.1 Å². The van der Waals surface area contributed by atoms with Gasteiger partial charge in [0, 0.05) is 11.1 Å². The van der Waals surface area contributed by atoms with Crippen LogP contribution >= 0.6 is 23.2 Å². The van der Waals surface area contributed by atoms with Gasteiger partial charge < -0.3 is 5.11 Å². The molecule has 0 unspecified atom stereocenters. The second-order valence-corrected chi connectivity index (χ2v) is 4.96. The summed E-state index contributed by atoms with van der Waals surface area (Å²) in [6.45, 7) is 0. The van der Waals surface area contributed by atoms with Crippen molar-refractivity contribution in [2.24, 2.45) is 0 Å². The van der Waals surface area contributed by atoms with Gasteiger partial charge in [-0.1, -0.05) is 47.5 Å². The Bertz CT molecular complexity index is 751. The third kappa shape index (κ3) is 1.59. The van der Waals surface area contributed by atoms with Crippen LogP contribution in [0.4, 0.5) is 0 Å². The number of aromatic hydroxyl groups is 1. The van der Waals surface area contributed by atoms with Gasteiger partial charge in [-0.2, -0.15) is 0 Å². The lowest BCUT2D eigenvalue weighted by atomic mass is 9.83. The first-order valence-electron chi connectivity index (χ1n) is 5.41. The van der Waals surface area contributed by atoms with Crippen LogP contribution < -0.4 is 0 Å². The zero-order valence-electron chi connectivity index (χ0n) is 9.41. The maximum absolute atomic E-state index is 12.3. The molecule has 0 saturated carbocycles. The Balaban J connectivity index is 2.43. The Hall–Kier alpha value is -1.84. The molecule has 5 heteroatoms. The van der Waals surface area contributed by atoms with E-state index in [0.717, 1.165) is 0 Å². The first-order valence-corrected chi connectivity index (χ1v) is 6.17. The minimum Gasteiger partial charge on any atom is -0.506 e. The molecule has 3 nitrogen and oxygen atoms in total. The van der Waals surface area contributed by atoms with Gasteiger partial charge in [-0.25, -0.2) is 0 Å².